The quantitative estimate of drug-likeness (QED) is 0.336. The topological polar surface area (TPSA) is 62.5 Å². The smallest absolute Gasteiger partial charge is 0.191 e. The molecule has 0 radical (unpaired) electrons. The average molecular weight is 367 g/mol. The highest BCUT2D eigenvalue weighted by atomic mass is 35.5. The van der Waals surface area contributed by atoms with Crippen LogP contribution in [-0.2, 0) is 6.54 Å². The van der Waals surface area contributed by atoms with E-state index in [9.17, 15) is 0 Å². The number of halogens is 1. The van der Waals surface area contributed by atoms with Gasteiger partial charge in [0.1, 0.15) is 0 Å². The van der Waals surface area contributed by atoms with Crippen molar-refractivity contribution in [2.75, 3.05) is 19.3 Å². The third-order valence-electron chi connectivity index (χ3n) is 3.30. The van der Waals surface area contributed by atoms with Gasteiger partial charge in [-0.05, 0) is 30.2 Å². The second-order valence-electron chi connectivity index (χ2n) is 5.53. The van der Waals surface area contributed by atoms with Crippen molar-refractivity contribution in [2.24, 2.45) is 4.99 Å². The van der Waals surface area contributed by atoms with Crippen LogP contribution in [-0.4, -0.2) is 30.5 Å². The standard InChI is InChI=1S/C17H23ClN4OS/c1-12(2)16-10-14(23-22-16)11-21-17(19-3)20-8-9-24-15-6-4-13(18)5-7-15/h4-7,10,12H,8-9,11H2,1-3H3,(H2,19,20,21). The fraction of sp³-hybridized carbons (Fsp3) is 0.412. The molecule has 2 N–H and O–H groups in total. The van der Waals surface area contributed by atoms with Crippen molar-refractivity contribution in [2.45, 2.75) is 31.2 Å². The van der Waals surface area contributed by atoms with Crippen LogP contribution in [0.1, 0.15) is 31.2 Å². The van der Waals surface area contributed by atoms with E-state index in [1.165, 1.54) is 4.90 Å². The molecule has 5 nitrogen and oxygen atoms in total. The summed E-state index contributed by atoms with van der Waals surface area (Å²) >= 11 is 7.65. The van der Waals surface area contributed by atoms with Crippen LogP contribution >= 0.6 is 23.4 Å². The molecule has 2 rings (SSSR count). The molecule has 1 heterocycles. The number of hydrogen-bond donors (Lipinski definition) is 2. The van der Waals surface area contributed by atoms with Crippen molar-refractivity contribution in [3.8, 4) is 0 Å². The van der Waals surface area contributed by atoms with Gasteiger partial charge in [-0.15, -0.1) is 11.8 Å². The van der Waals surface area contributed by atoms with Crippen molar-refractivity contribution < 1.29 is 4.52 Å². The summed E-state index contributed by atoms with van der Waals surface area (Å²) in [7, 11) is 1.75. The van der Waals surface area contributed by atoms with Crippen molar-refractivity contribution >= 4 is 29.3 Å². The summed E-state index contributed by atoms with van der Waals surface area (Å²) in [5, 5.41) is 11.3. The molecule has 0 aliphatic heterocycles. The molecular formula is C17H23ClN4OS. The third-order valence-corrected chi connectivity index (χ3v) is 4.56. The number of hydrogen-bond acceptors (Lipinski definition) is 4. The Kier molecular flexibility index (Phi) is 7.46. The fourth-order valence-electron chi connectivity index (χ4n) is 1.94. The van der Waals surface area contributed by atoms with Gasteiger partial charge in [-0.3, -0.25) is 4.99 Å². The Labute approximate surface area is 152 Å². The van der Waals surface area contributed by atoms with E-state index in [0.29, 0.717) is 12.5 Å². The Morgan fingerprint density at radius 3 is 2.67 bits per heavy atom. The number of nitrogens with one attached hydrogen (secondary N) is 2. The second kappa shape index (κ2) is 9.59. The lowest BCUT2D eigenvalue weighted by molar-refractivity contribution is 0.372. The Hall–Kier alpha value is -1.66. The number of nitrogens with zero attached hydrogens (tertiary/aromatic N) is 2. The second-order valence-corrected chi connectivity index (χ2v) is 7.13. The first-order valence-electron chi connectivity index (χ1n) is 7.87. The van der Waals surface area contributed by atoms with E-state index >= 15 is 0 Å². The Balaban J connectivity index is 1.69. The summed E-state index contributed by atoms with van der Waals surface area (Å²) in [6.45, 7) is 5.55. The molecule has 2 aromatic rings. The molecule has 0 bridgehead atoms. The normalized spacial score (nSPS) is 11.8. The Bertz CT molecular complexity index is 655. The minimum atomic E-state index is 0.366. The molecule has 0 aliphatic rings. The van der Waals surface area contributed by atoms with E-state index in [-0.39, 0.29) is 0 Å². The molecule has 0 fully saturated rings. The lowest BCUT2D eigenvalue weighted by atomic mass is 10.1. The van der Waals surface area contributed by atoms with Crippen molar-refractivity contribution in [1.82, 2.24) is 15.8 Å². The van der Waals surface area contributed by atoms with Gasteiger partial charge >= 0.3 is 0 Å². The molecule has 1 aromatic heterocycles. The maximum atomic E-state index is 5.88. The maximum absolute atomic E-state index is 5.88. The zero-order valence-electron chi connectivity index (χ0n) is 14.2. The molecule has 0 amide bonds. The molecule has 0 saturated heterocycles. The minimum absolute atomic E-state index is 0.366. The Morgan fingerprint density at radius 1 is 1.29 bits per heavy atom. The van der Waals surface area contributed by atoms with Crippen molar-refractivity contribution in [1.29, 1.82) is 0 Å². The van der Waals surface area contributed by atoms with E-state index in [2.05, 4.69) is 34.6 Å². The fourth-order valence-corrected chi connectivity index (χ4v) is 2.84. The highest BCUT2D eigenvalue weighted by Gasteiger charge is 2.08. The van der Waals surface area contributed by atoms with Crippen molar-refractivity contribution in [3.63, 3.8) is 0 Å². The van der Waals surface area contributed by atoms with Gasteiger partial charge in [-0.25, -0.2) is 0 Å². The van der Waals surface area contributed by atoms with Crippen LogP contribution in [0.3, 0.4) is 0 Å². The van der Waals surface area contributed by atoms with Crippen LogP contribution in [0.15, 0.2) is 44.7 Å². The summed E-state index contributed by atoms with van der Waals surface area (Å²) in [4.78, 5) is 5.41. The lowest BCUT2D eigenvalue weighted by Gasteiger charge is -2.10. The van der Waals surface area contributed by atoms with Gasteiger partial charge in [0.2, 0.25) is 0 Å². The van der Waals surface area contributed by atoms with Crippen LogP contribution in [0.2, 0.25) is 5.02 Å². The molecule has 0 atom stereocenters. The summed E-state index contributed by atoms with van der Waals surface area (Å²) in [6, 6.07) is 9.83. The monoisotopic (exact) mass is 366 g/mol. The van der Waals surface area contributed by atoms with Crippen LogP contribution in [0.5, 0.6) is 0 Å². The van der Waals surface area contributed by atoms with Crippen LogP contribution in [0, 0.1) is 0 Å². The first kappa shape index (κ1) is 18.7. The first-order chi connectivity index (χ1) is 11.6. The number of guanidine groups is 1. The van der Waals surface area contributed by atoms with E-state index in [1.807, 2.05) is 30.3 Å². The molecule has 1 aromatic carbocycles. The highest BCUT2D eigenvalue weighted by Crippen LogP contribution is 2.19. The van der Waals surface area contributed by atoms with Gasteiger partial charge in [0.25, 0.3) is 0 Å². The number of aliphatic imine (C=N–C) groups is 1. The zero-order chi connectivity index (χ0) is 17.4. The predicted octanol–water partition coefficient (Wildman–Crippen LogP) is 3.91. The van der Waals surface area contributed by atoms with E-state index in [0.717, 1.165) is 34.7 Å². The predicted molar refractivity (Wildman–Crippen MR) is 101 cm³/mol. The zero-order valence-corrected chi connectivity index (χ0v) is 15.7. The van der Waals surface area contributed by atoms with Gasteiger partial charge in [0, 0.05) is 35.3 Å². The summed E-state index contributed by atoms with van der Waals surface area (Å²) < 4.78 is 5.30. The van der Waals surface area contributed by atoms with E-state index in [4.69, 9.17) is 16.1 Å². The van der Waals surface area contributed by atoms with E-state index in [1.54, 1.807) is 18.8 Å². The van der Waals surface area contributed by atoms with E-state index < -0.39 is 0 Å². The number of aromatic nitrogens is 1. The highest BCUT2D eigenvalue weighted by molar-refractivity contribution is 7.99. The van der Waals surface area contributed by atoms with Gasteiger partial charge in [-0.2, -0.15) is 0 Å². The summed E-state index contributed by atoms with van der Waals surface area (Å²) in [5.41, 5.74) is 0.967. The molecule has 0 spiro atoms. The summed E-state index contributed by atoms with van der Waals surface area (Å²) in [5.74, 6) is 2.85. The van der Waals surface area contributed by atoms with Gasteiger partial charge in [0.05, 0.1) is 12.2 Å². The largest absolute Gasteiger partial charge is 0.359 e. The first-order valence-corrected chi connectivity index (χ1v) is 9.23. The average Bonchev–Trinajstić information content (AvgIpc) is 3.05. The lowest BCUT2D eigenvalue weighted by Crippen LogP contribution is -2.37. The molecule has 0 saturated carbocycles. The number of benzene rings is 1. The SMILES string of the molecule is CN=C(NCCSc1ccc(Cl)cc1)NCc1cc(C(C)C)no1. The molecular weight excluding hydrogens is 344 g/mol. The van der Waals surface area contributed by atoms with Crippen LogP contribution in [0.4, 0.5) is 0 Å². The number of thioether (sulfide) groups is 1. The maximum Gasteiger partial charge on any atom is 0.191 e. The molecule has 130 valence electrons. The third kappa shape index (κ3) is 6.09. The molecule has 0 aliphatic carbocycles. The molecule has 24 heavy (non-hydrogen) atoms. The Morgan fingerprint density at radius 2 is 2.04 bits per heavy atom. The number of rotatable bonds is 7. The van der Waals surface area contributed by atoms with Crippen molar-refractivity contribution in [3.05, 3.63) is 46.8 Å². The van der Waals surface area contributed by atoms with Gasteiger partial charge < -0.3 is 15.2 Å². The minimum Gasteiger partial charge on any atom is -0.359 e. The van der Waals surface area contributed by atoms with Gasteiger partial charge in [0.15, 0.2) is 11.7 Å². The van der Waals surface area contributed by atoms with Gasteiger partial charge in [-0.1, -0.05) is 30.6 Å². The van der Waals surface area contributed by atoms with Crippen LogP contribution < -0.4 is 10.6 Å². The molecule has 0 unspecified atom stereocenters. The van der Waals surface area contributed by atoms with Crippen LogP contribution in [0.25, 0.3) is 0 Å². The molecule has 7 heteroatoms. The summed E-state index contributed by atoms with van der Waals surface area (Å²) in [6.07, 6.45) is 0.